The van der Waals surface area contributed by atoms with Crippen molar-refractivity contribution in [2.45, 2.75) is 26.3 Å². The molecule has 3 rings (SSSR count). The average Bonchev–Trinajstić information content (AvgIpc) is 3.08. The van der Waals surface area contributed by atoms with E-state index in [0.29, 0.717) is 4.77 Å². The van der Waals surface area contributed by atoms with Crippen molar-refractivity contribution in [1.29, 1.82) is 0 Å². The predicted octanol–water partition coefficient (Wildman–Crippen LogP) is 2.68. The van der Waals surface area contributed by atoms with Gasteiger partial charge in [0.15, 0.2) is 15.7 Å². The van der Waals surface area contributed by atoms with E-state index in [-0.39, 0.29) is 0 Å². The van der Waals surface area contributed by atoms with Crippen molar-refractivity contribution in [3.05, 3.63) is 11.0 Å². The van der Waals surface area contributed by atoms with E-state index in [1.54, 1.807) is 11.3 Å². The minimum atomic E-state index is 0.670. The van der Waals surface area contributed by atoms with Crippen molar-refractivity contribution < 1.29 is 0 Å². The van der Waals surface area contributed by atoms with Crippen LogP contribution < -0.4 is 4.90 Å². The molecule has 5 nitrogen and oxygen atoms in total. The van der Waals surface area contributed by atoms with Crippen LogP contribution in [0, 0.1) is 4.77 Å². The fourth-order valence-corrected chi connectivity index (χ4v) is 3.45. The van der Waals surface area contributed by atoms with Crippen LogP contribution in [0.5, 0.6) is 0 Å². The van der Waals surface area contributed by atoms with Gasteiger partial charge in [0.25, 0.3) is 0 Å². The lowest BCUT2D eigenvalue weighted by Crippen LogP contribution is -2.16. The van der Waals surface area contributed by atoms with Crippen molar-refractivity contribution in [2.75, 3.05) is 18.0 Å². The van der Waals surface area contributed by atoms with Gasteiger partial charge in [0, 0.05) is 19.6 Å². The number of anilines is 1. The van der Waals surface area contributed by atoms with Gasteiger partial charge in [0.2, 0.25) is 0 Å². The van der Waals surface area contributed by atoms with Gasteiger partial charge in [-0.15, -0.1) is 0 Å². The Morgan fingerprint density at radius 2 is 2.22 bits per heavy atom. The van der Waals surface area contributed by atoms with Crippen LogP contribution in [-0.4, -0.2) is 32.8 Å². The second-order valence-corrected chi connectivity index (χ2v) is 5.69. The number of H-pyrrole nitrogens is 1. The van der Waals surface area contributed by atoms with Gasteiger partial charge >= 0.3 is 0 Å². The van der Waals surface area contributed by atoms with Crippen LogP contribution in [0.2, 0.25) is 0 Å². The highest BCUT2D eigenvalue weighted by atomic mass is 32.1. The molecule has 0 amide bonds. The summed E-state index contributed by atoms with van der Waals surface area (Å²) in [5.74, 6) is 0.894. The molecule has 0 atom stereocenters. The van der Waals surface area contributed by atoms with Crippen LogP contribution in [0.1, 0.15) is 19.8 Å². The molecule has 0 aliphatic carbocycles. The van der Waals surface area contributed by atoms with Gasteiger partial charge in [-0.3, -0.25) is 9.67 Å². The summed E-state index contributed by atoms with van der Waals surface area (Å²) >= 11 is 6.90. The Bertz CT molecular complexity index is 591. The highest BCUT2D eigenvalue weighted by Gasteiger charge is 2.18. The van der Waals surface area contributed by atoms with Crippen molar-refractivity contribution in [3.8, 4) is 10.7 Å². The molecule has 0 aromatic carbocycles. The van der Waals surface area contributed by atoms with E-state index < -0.39 is 0 Å². The molecule has 2 aromatic heterocycles. The lowest BCUT2D eigenvalue weighted by Gasteiger charge is -2.11. The van der Waals surface area contributed by atoms with E-state index >= 15 is 0 Å². The van der Waals surface area contributed by atoms with E-state index in [4.69, 9.17) is 12.2 Å². The molecule has 0 saturated carbocycles. The molecule has 1 saturated heterocycles. The normalized spacial score (nSPS) is 15.5. The molecule has 0 radical (unpaired) electrons. The minimum Gasteiger partial charge on any atom is -0.348 e. The van der Waals surface area contributed by atoms with E-state index in [0.717, 1.165) is 35.5 Å². The summed E-state index contributed by atoms with van der Waals surface area (Å²) in [6.07, 6.45) is 4.43. The fraction of sp³-hybridized carbons (Fsp3) is 0.545. The fourth-order valence-electron chi connectivity index (χ4n) is 2.22. The predicted molar refractivity (Wildman–Crippen MR) is 75.6 cm³/mol. The van der Waals surface area contributed by atoms with Crippen molar-refractivity contribution >= 4 is 28.7 Å². The maximum absolute atomic E-state index is 5.20. The zero-order chi connectivity index (χ0) is 12.5. The van der Waals surface area contributed by atoms with E-state index in [9.17, 15) is 0 Å². The first-order valence-corrected chi connectivity index (χ1v) is 7.38. The Morgan fingerprint density at radius 1 is 1.44 bits per heavy atom. The molecule has 1 aliphatic rings. The molecule has 1 fully saturated rings. The number of rotatable bonds is 3. The molecule has 3 heterocycles. The first-order chi connectivity index (χ1) is 8.79. The van der Waals surface area contributed by atoms with Gasteiger partial charge in [-0.2, -0.15) is 5.10 Å². The number of hydrogen-bond donors (Lipinski definition) is 1. The number of thiazole rings is 1. The zero-order valence-corrected chi connectivity index (χ0v) is 11.9. The number of aromatic nitrogens is 4. The van der Waals surface area contributed by atoms with Gasteiger partial charge < -0.3 is 4.90 Å². The molecule has 2 aromatic rings. The molecule has 18 heavy (non-hydrogen) atoms. The largest absolute Gasteiger partial charge is 0.348 e. The quantitative estimate of drug-likeness (QED) is 0.879. The van der Waals surface area contributed by atoms with Gasteiger partial charge in [0.05, 0.1) is 11.1 Å². The summed E-state index contributed by atoms with van der Waals surface area (Å²) in [6, 6.07) is 0. The number of nitrogens with zero attached hydrogens (tertiary/aromatic N) is 4. The topological polar surface area (TPSA) is 49.7 Å². The van der Waals surface area contributed by atoms with Gasteiger partial charge in [-0.25, -0.2) is 4.98 Å². The third-order valence-corrected chi connectivity index (χ3v) is 4.53. The maximum Gasteiger partial charge on any atom is 0.195 e. The smallest absolute Gasteiger partial charge is 0.195 e. The van der Waals surface area contributed by atoms with Crippen LogP contribution in [-0.2, 0) is 6.54 Å². The summed E-state index contributed by atoms with van der Waals surface area (Å²) in [5, 5.41) is 8.24. The van der Waals surface area contributed by atoms with Gasteiger partial charge in [-0.1, -0.05) is 11.3 Å². The van der Waals surface area contributed by atoms with Crippen LogP contribution in [0.4, 0.5) is 5.13 Å². The van der Waals surface area contributed by atoms with Crippen molar-refractivity contribution in [3.63, 3.8) is 0 Å². The second-order valence-electron chi connectivity index (χ2n) is 4.30. The van der Waals surface area contributed by atoms with Gasteiger partial charge in [0.1, 0.15) is 0 Å². The summed E-state index contributed by atoms with van der Waals surface area (Å²) < 4.78 is 2.67. The number of hydrogen-bond acceptors (Lipinski definition) is 5. The standard InChI is InChI=1S/C11H15N5S2/c1-2-16-9(13-14-10(16)17)8-7-12-11(18-8)15-5-3-4-6-15/h7H,2-6H2,1H3,(H,14,17). The van der Waals surface area contributed by atoms with Crippen molar-refractivity contribution in [1.82, 2.24) is 19.7 Å². The molecular weight excluding hydrogens is 266 g/mol. The summed E-state index contributed by atoms with van der Waals surface area (Å²) in [7, 11) is 0. The Labute approximate surface area is 114 Å². The minimum absolute atomic E-state index is 0.670. The molecule has 0 spiro atoms. The Hall–Kier alpha value is -1.21. The lowest BCUT2D eigenvalue weighted by molar-refractivity contribution is 0.756. The molecule has 0 bridgehead atoms. The third kappa shape index (κ3) is 1.97. The third-order valence-electron chi connectivity index (χ3n) is 3.16. The molecule has 0 unspecified atom stereocenters. The van der Waals surface area contributed by atoms with Crippen molar-refractivity contribution in [2.24, 2.45) is 0 Å². The van der Waals surface area contributed by atoms with E-state index in [1.165, 1.54) is 12.8 Å². The number of aromatic amines is 1. The molecular formula is C11H15N5S2. The first-order valence-electron chi connectivity index (χ1n) is 6.16. The SMILES string of the molecule is CCn1c(-c2cnc(N3CCCC3)s2)n[nH]c1=S. The Kier molecular flexibility index (Phi) is 3.17. The molecule has 7 heteroatoms. The Morgan fingerprint density at radius 3 is 2.94 bits per heavy atom. The number of nitrogens with one attached hydrogen (secondary N) is 1. The summed E-state index contributed by atoms with van der Waals surface area (Å²) in [4.78, 5) is 7.92. The van der Waals surface area contributed by atoms with Crippen LogP contribution in [0.3, 0.4) is 0 Å². The molecule has 96 valence electrons. The van der Waals surface area contributed by atoms with Crippen LogP contribution >= 0.6 is 23.6 Å². The van der Waals surface area contributed by atoms with E-state index in [1.807, 2.05) is 10.8 Å². The highest BCUT2D eigenvalue weighted by molar-refractivity contribution is 7.71. The summed E-state index contributed by atoms with van der Waals surface area (Å²) in [5.41, 5.74) is 0. The first kappa shape index (κ1) is 11.9. The maximum atomic E-state index is 5.20. The zero-order valence-electron chi connectivity index (χ0n) is 10.2. The lowest BCUT2D eigenvalue weighted by atomic mass is 10.4. The second kappa shape index (κ2) is 4.81. The molecule has 1 aliphatic heterocycles. The van der Waals surface area contributed by atoms with E-state index in [2.05, 4.69) is 27.0 Å². The summed E-state index contributed by atoms with van der Waals surface area (Å²) in [6.45, 7) is 5.13. The van der Waals surface area contributed by atoms with Crippen LogP contribution in [0.15, 0.2) is 6.20 Å². The van der Waals surface area contributed by atoms with Crippen LogP contribution in [0.25, 0.3) is 10.7 Å². The van der Waals surface area contributed by atoms with Gasteiger partial charge in [-0.05, 0) is 32.0 Å². The highest BCUT2D eigenvalue weighted by Crippen LogP contribution is 2.31. The monoisotopic (exact) mass is 281 g/mol. The molecule has 1 N–H and O–H groups in total. The Balaban J connectivity index is 1.94. The average molecular weight is 281 g/mol.